The van der Waals surface area contributed by atoms with Crippen LogP contribution < -0.4 is 0 Å². The van der Waals surface area contributed by atoms with Crippen LogP contribution in [0, 0.1) is 5.82 Å². The van der Waals surface area contributed by atoms with E-state index < -0.39 is 24.0 Å². The molecule has 1 aromatic carbocycles. The highest BCUT2D eigenvalue weighted by atomic mass is 79.9. The van der Waals surface area contributed by atoms with Crippen molar-refractivity contribution >= 4 is 27.9 Å². The molecule has 0 aromatic heterocycles. The lowest BCUT2D eigenvalue weighted by molar-refractivity contribution is -0.186. The maximum atomic E-state index is 13.3. The van der Waals surface area contributed by atoms with E-state index >= 15 is 0 Å². The van der Waals surface area contributed by atoms with Crippen molar-refractivity contribution in [2.75, 3.05) is 0 Å². The van der Waals surface area contributed by atoms with E-state index in [1.54, 1.807) is 0 Å². The Morgan fingerprint density at radius 1 is 1.24 bits per heavy atom. The fraction of sp³-hybridized carbons (Fsp3) is 0.273. The third-order valence-corrected chi connectivity index (χ3v) is 2.40. The Balaban J connectivity index is 2.98. The summed E-state index contributed by atoms with van der Waals surface area (Å²) in [7, 11) is 0. The van der Waals surface area contributed by atoms with Gasteiger partial charge in [0.2, 0.25) is 0 Å². The van der Waals surface area contributed by atoms with Crippen LogP contribution in [0.25, 0.3) is 0 Å². The summed E-state index contributed by atoms with van der Waals surface area (Å²) in [5.41, 5.74) is 0.246. The molecule has 0 spiro atoms. The predicted octanol–water partition coefficient (Wildman–Crippen LogP) is 2.71. The van der Waals surface area contributed by atoms with Gasteiger partial charge in [0.25, 0.3) is 6.29 Å². The second-order valence-electron chi connectivity index (χ2n) is 3.22. The number of hydrogen-bond acceptors (Lipinski definition) is 4. The van der Waals surface area contributed by atoms with Gasteiger partial charge in [0.15, 0.2) is 0 Å². The average molecular weight is 305 g/mol. The summed E-state index contributed by atoms with van der Waals surface area (Å²) in [6.07, 6.45) is -1.23. The van der Waals surface area contributed by atoms with Crippen molar-refractivity contribution in [2.24, 2.45) is 0 Å². The monoisotopic (exact) mass is 304 g/mol. The first-order valence-electron chi connectivity index (χ1n) is 4.69. The maximum Gasteiger partial charge on any atom is 0.305 e. The minimum absolute atomic E-state index is 0.246. The zero-order valence-electron chi connectivity index (χ0n) is 9.20. The van der Waals surface area contributed by atoms with E-state index in [1.807, 2.05) is 0 Å². The standard InChI is InChI=1S/C11H10BrFO4/c1-6(14)16-11(17-7(2)15)8-3-4-9(12)10(13)5-8/h3-5,11H,1-2H3. The smallest absolute Gasteiger partial charge is 0.305 e. The molecule has 17 heavy (non-hydrogen) atoms. The predicted molar refractivity (Wildman–Crippen MR) is 60.4 cm³/mol. The Kier molecular flexibility index (Phi) is 4.62. The Hall–Kier alpha value is -1.43. The minimum atomic E-state index is -1.23. The zero-order valence-corrected chi connectivity index (χ0v) is 10.8. The molecule has 0 saturated carbocycles. The first-order valence-corrected chi connectivity index (χ1v) is 5.49. The van der Waals surface area contributed by atoms with Crippen LogP contribution in [0.5, 0.6) is 0 Å². The Labute approximate surface area is 106 Å². The van der Waals surface area contributed by atoms with E-state index in [0.717, 1.165) is 6.07 Å². The van der Waals surface area contributed by atoms with E-state index in [1.165, 1.54) is 26.0 Å². The van der Waals surface area contributed by atoms with Gasteiger partial charge in [0.05, 0.1) is 4.47 Å². The molecule has 0 unspecified atom stereocenters. The van der Waals surface area contributed by atoms with E-state index in [-0.39, 0.29) is 10.0 Å². The van der Waals surface area contributed by atoms with Crippen LogP contribution in [-0.4, -0.2) is 11.9 Å². The van der Waals surface area contributed by atoms with Crippen molar-refractivity contribution in [3.05, 3.63) is 34.1 Å². The average Bonchev–Trinajstić information content (AvgIpc) is 2.19. The highest BCUT2D eigenvalue weighted by Crippen LogP contribution is 2.24. The number of carbonyl (C=O) groups is 2. The fourth-order valence-corrected chi connectivity index (χ4v) is 1.37. The van der Waals surface area contributed by atoms with Crippen LogP contribution in [0.15, 0.2) is 22.7 Å². The lowest BCUT2D eigenvalue weighted by Gasteiger charge is -2.17. The van der Waals surface area contributed by atoms with Gasteiger partial charge in [-0.1, -0.05) is 6.07 Å². The van der Waals surface area contributed by atoms with E-state index in [4.69, 9.17) is 9.47 Å². The van der Waals surface area contributed by atoms with E-state index in [2.05, 4.69) is 15.9 Å². The Bertz CT molecular complexity index is 431. The minimum Gasteiger partial charge on any atom is -0.421 e. The highest BCUT2D eigenvalue weighted by Gasteiger charge is 2.19. The van der Waals surface area contributed by atoms with Gasteiger partial charge in [-0.3, -0.25) is 9.59 Å². The van der Waals surface area contributed by atoms with Gasteiger partial charge < -0.3 is 9.47 Å². The number of rotatable bonds is 3. The highest BCUT2D eigenvalue weighted by molar-refractivity contribution is 9.10. The summed E-state index contributed by atoms with van der Waals surface area (Å²) in [5.74, 6) is -1.79. The topological polar surface area (TPSA) is 52.6 Å². The van der Waals surface area contributed by atoms with Crippen LogP contribution in [0.2, 0.25) is 0 Å². The zero-order chi connectivity index (χ0) is 13.0. The molecule has 4 nitrogen and oxygen atoms in total. The molecule has 0 amide bonds. The molecule has 92 valence electrons. The third kappa shape index (κ3) is 4.14. The Morgan fingerprint density at radius 2 is 1.76 bits per heavy atom. The molecule has 1 rings (SSSR count). The number of halogens is 2. The van der Waals surface area contributed by atoms with Gasteiger partial charge >= 0.3 is 11.9 Å². The van der Waals surface area contributed by atoms with Crippen LogP contribution in [0.3, 0.4) is 0 Å². The van der Waals surface area contributed by atoms with Crippen molar-refractivity contribution in [3.63, 3.8) is 0 Å². The maximum absolute atomic E-state index is 13.3. The van der Waals surface area contributed by atoms with Crippen LogP contribution in [0.1, 0.15) is 25.7 Å². The van der Waals surface area contributed by atoms with Crippen molar-refractivity contribution in [1.29, 1.82) is 0 Å². The van der Waals surface area contributed by atoms with Gasteiger partial charge in [-0.15, -0.1) is 0 Å². The van der Waals surface area contributed by atoms with Crippen molar-refractivity contribution in [2.45, 2.75) is 20.1 Å². The number of carbonyl (C=O) groups excluding carboxylic acids is 2. The number of benzene rings is 1. The summed E-state index contributed by atoms with van der Waals surface area (Å²) in [6.45, 7) is 2.34. The SMILES string of the molecule is CC(=O)OC(OC(C)=O)c1ccc(Br)c(F)c1. The fourth-order valence-electron chi connectivity index (χ4n) is 1.12. The number of hydrogen-bond donors (Lipinski definition) is 0. The molecule has 0 N–H and O–H groups in total. The van der Waals surface area contributed by atoms with Crippen LogP contribution in [0.4, 0.5) is 4.39 Å². The number of esters is 2. The Morgan fingerprint density at radius 3 is 2.18 bits per heavy atom. The second kappa shape index (κ2) is 5.77. The summed E-state index contributed by atoms with van der Waals surface area (Å²) >= 11 is 2.99. The van der Waals surface area contributed by atoms with Crippen LogP contribution in [-0.2, 0) is 19.1 Å². The molecule has 0 heterocycles. The molecule has 0 aliphatic carbocycles. The molecule has 0 fully saturated rings. The molecule has 0 radical (unpaired) electrons. The first-order chi connectivity index (χ1) is 7.90. The van der Waals surface area contributed by atoms with Crippen molar-refractivity contribution < 1.29 is 23.5 Å². The summed E-state index contributed by atoms with van der Waals surface area (Å²) in [4.78, 5) is 21.7. The summed E-state index contributed by atoms with van der Waals surface area (Å²) in [5, 5.41) is 0. The third-order valence-electron chi connectivity index (χ3n) is 1.76. The molecule has 0 aliphatic rings. The quantitative estimate of drug-likeness (QED) is 0.636. The second-order valence-corrected chi connectivity index (χ2v) is 4.08. The van der Waals surface area contributed by atoms with Gasteiger partial charge in [-0.05, 0) is 28.1 Å². The van der Waals surface area contributed by atoms with Gasteiger partial charge in [0.1, 0.15) is 5.82 Å². The molecular weight excluding hydrogens is 295 g/mol. The van der Waals surface area contributed by atoms with Crippen LogP contribution >= 0.6 is 15.9 Å². The summed E-state index contributed by atoms with van der Waals surface area (Å²) in [6, 6.07) is 4.05. The van der Waals surface area contributed by atoms with Crippen molar-refractivity contribution in [3.8, 4) is 0 Å². The molecular formula is C11H10BrFO4. The summed E-state index contributed by atoms with van der Waals surface area (Å²) < 4.78 is 23.1. The van der Waals surface area contributed by atoms with Gasteiger partial charge in [-0.2, -0.15) is 0 Å². The largest absolute Gasteiger partial charge is 0.421 e. The van der Waals surface area contributed by atoms with E-state index in [0.29, 0.717) is 0 Å². The lowest BCUT2D eigenvalue weighted by Crippen LogP contribution is -2.15. The number of ether oxygens (including phenoxy) is 2. The molecule has 0 atom stereocenters. The normalized spacial score (nSPS) is 10.2. The van der Waals surface area contributed by atoms with E-state index in [9.17, 15) is 14.0 Å². The lowest BCUT2D eigenvalue weighted by atomic mass is 10.2. The molecule has 6 heteroatoms. The van der Waals surface area contributed by atoms with Gasteiger partial charge in [-0.25, -0.2) is 4.39 Å². The first kappa shape index (κ1) is 13.6. The van der Waals surface area contributed by atoms with Crippen molar-refractivity contribution in [1.82, 2.24) is 0 Å². The molecule has 0 bridgehead atoms. The molecule has 1 aromatic rings. The van der Waals surface area contributed by atoms with Gasteiger partial charge in [0, 0.05) is 19.4 Å². The molecule has 0 saturated heterocycles. The molecule has 0 aliphatic heterocycles.